The number of anilines is 2. The maximum Gasteiger partial charge on any atom is 0.264 e. The Bertz CT molecular complexity index is 1240. The number of sulfonamides is 2. The molecule has 0 unspecified atom stereocenters. The van der Waals surface area contributed by atoms with Crippen LogP contribution in [0.4, 0.5) is 11.6 Å². The molecule has 0 atom stereocenters. The number of hydrogen-bond acceptors (Lipinski definition) is 6. The minimum absolute atomic E-state index is 0.0361. The predicted octanol–water partition coefficient (Wildman–Crippen LogP) is 3.35. The van der Waals surface area contributed by atoms with Gasteiger partial charge in [0.05, 0.1) is 9.92 Å². The van der Waals surface area contributed by atoms with E-state index in [0.717, 1.165) is 0 Å². The lowest BCUT2D eigenvalue weighted by molar-refractivity contribution is 0.599. The van der Waals surface area contributed by atoms with Crippen molar-refractivity contribution in [1.29, 1.82) is 0 Å². The Labute approximate surface area is 174 Å². The topological polar surface area (TPSA) is 118 Å². The van der Waals surface area contributed by atoms with E-state index in [2.05, 4.69) is 19.4 Å². The fraction of sp³-hybridized carbons (Fsp3) is 0.111. The van der Waals surface area contributed by atoms with E-state index < -0.39 is 20.0 Å². The van der Waals surface area contributed by atoms with Crippen molar-refractivity contribution in [3.63, 3.8) is 0 Å². The van der Waals surface area contributed by atoms with Crippen LogP contribution in [0.2, 0.25) is 5.02 Å². The normalized spacial score (nSPS) is 11.8. The van der Waals surface area contributed by atoms with Gasteiger partial charge < -0.3 is 0 Å². The number of nitrogens with one attached hydrogen (secondary N) is 2. The minimum atomic E-state index is -3.94. The first kappa shape index (κ1) is 21.0. The van der Waals surface area contributed by atoms with E-state index in [1.54, 1.807) is 32.0 Å². The van der Waals surface area contributed by atoms with E-state index in [1.165, 1.54) is 36.4 Å². The molecule has 2 aromatic carbocycles. The zero-order valence-electron chi connectivity index (χ0n) is 15.4. The van der Waals surface area contributed by atoms with Crippen LogP contribution in [0.1, 0.15) is 11.4 Å². The molecule has 0 spiro atoms. The van der Waals surface area contributed by atoms with Gasteiger partial charge in [0.25, 0.3) is 20.0 Å². The molecule has 1 heterocycles. The average molecular weight is 453 g/mol. The molecule has 8 nitrogen and oxygen atoms in total. The molecule has 0 saturated heterocycles. The Morgan fingerprint density at radius 2 is 1.38 bits per heavy atom. The maximum absolute atomic E-state index is 12.5. The molecular weight excluding hydrogens is 436 g/mol. The minimum Gasteiger partial charge on any atom is -0.280 e. The third-order valence-corrected chi connectivity index (χ3v) is 6.98. The number of aromatic nitrogens is 2. The van der Waals surface area contributed by atoms with Gasteiger partial charge in [-0.1, -0.05) is 23.7 Å². The van der Waals surface area contributed by atoms with Crippen LogP contribution in [-0.2, 0) is 20.0 Å². The van der Waals surface area contributed by atoms with Gasteiger partial charge in [-0.05, 0) is 56.3 Å². The summed E-state index contributed by atoms with van der Waals surface area (Å²) in [4.78, 5) is 7.95. The standard InChI is InChI=1S/C18H17ClN4O4S2/c1-12-11-13(2)21-18(20-12)23-28(24,25)15-9-7-14(8-10-15)22-29(26,27)17-6-4-3-5-16(17)19/h3-11,22H,1-2H3,(H,20,21,23). The summed E-state index contributed by atoms with van der Waals surface area (Å²) < 4.78 is 54.7. The highest BCUT2D eigenvalue weighted by atomic mass is 35.5. The van der Waals surface area contributed by atoms with Crippen LogP contribution >= 0.6 is 11.6 Å². The third-order valence-electron chi connectivity index (χ3n) is 3.75. The highest BCUT2D eigenvalue weighted by Crippen LogP contribution is 2.24. The summed E-state index contributed by atoms with van der Waals surface area (Å²) in [7, 11) is -7.86. The van der Waals surface area contributed by atoms with E-state index in [1.807, 2.05) is 0 Å². The van der Waals surface area contributed by atoms with Gasteiger partial charge in [-0.3, -0.25) is 4.72 Å². The molecule has 0 amide bonds. The van der Waals surface area contributed by atoms with Crippen LogP contribution in [0.15, 0.2) is 64.4 Å². The van der Waals surface area contributed by atoms with Gasteiger partial charge >= 0.3 is 0 Å². The molecular formula is C18H17ClN4O4S2. The molecule has 0 aliphatic heterocycles. The fourth-order valence-corrected chi connectivity index (χ4v) is 5.05. The van der Waals surface area contributed by atoms with E-state index >= 15 is 0 Å². The van der Waals surface area contributed by atoms with Crippen molar-refractivity contribution in [1.82, 2.24) is 9.97 Å². The lowest BCUT2D eigenvalue weighted by Crippen LogP contribution is -2.16. The molecule has 3 aromatic rings. The number of benzene rings is 2. The third kappa shape index (κ3) is 5.03. The van der Waals surface area contributed by atoms with Crippen LogP contribution in [0.25, 0.3) is 0 Å². The summed E-state index contributed by atoms with van der Waals surface area (Å²) in [5.41, 5.74) is 1.44. The fourth-order valence-electron chi connectivity index (χ4n) is 2.53. The number of rotatable bonds is 6. The molecule has 0 radical (unpaired) electrons. The Morgan fingerprint density at radius 1 is 0.793 bits per heavy atom. The zero-order valence-corrected chi connectivity index (χ0v) is 17.8. The first-order valence-corrected chi connectivity index (χ1v) is 11.6. The molecule has 0 fully saturated rings. The molecule has 1 aromatic heterocycles. The molecule has 0 aliphatic carbocycles. The second-order valence-electron chi connectivity index (χ2n) is 6.14. The first-order valence-electron chi connectivity index (χ1n) is 8.29. The van der Waals surface area contributed by atoms with E-state index in [9.17, 15) is 16.8 Å². The highest BCUT2D eigenvalue weighted by Gasteiger charge is 2.19. The molecule has 11 heteroatoms. The average Bonchev–Trinajstić information content (AvgIpc) is 2.60. The Morgan fingerprint density at radius 3 is 1.97 bits per heavy atom. The molecule has 2 N–H and O–H groups in total. The van der Waals surface area contributed by atoms with Crippen LogP contribution in [0, 0.1) is 13.8 Å². The molecule has 0 saturated carbocycles. The van der Waals surface area contributed by atoms with Crippen molar-refractivity contribution in [2.75, 3.05) is 9.44 Å². The molecule has 0 bridgehead atoms. The van der Waals surface area contributed by atoms with Crippen LogP contribution in [-0.4, -0.2) is 26.8 Å². The van der Waals surface area contributed by atoms with Gasteiger partial charge in [0.1, 0.15) is 4.90 Å². The van der Waals surface area contributed by atoms with Crippen LogP contribution in [0.5, 0.6) is 0 Å². The second-order valence-corrected chi connectivity index (χ2v) is 9.88. The van der Waals surface area contributed by atoms with Crippen LogP contribution in [0.3, 0.4) is 0 Å². The van der Waals surface area contributed by atoms with E-state index in [0.29, 0.717) is 11.4 Å². The summed E-state index contributed by atoms with van der Waals surface area (Å²) >= 11 is 5.94. The number of aryl methyl sites for hydroxylation is 2. The summed E-state index contributed by atoms with van der Waals surface area (Å²) in [6, 6.07) is 13.0. The van der Waals surface area contributed by atoms with Gasteiger partial charge in [0, 0.05) is 17.1 Å². The molecule has 29 heavy (non-hydrogen) atoms. The van der Waals surface area contributed by atoms with Crippen molar-refractivity contribution >= 4 is 43.3 Å². The van der Waals surface area contributed by atoms with E-state index in [-0.39, 0.29) is 26.4 Å². The first-order chi connectivity index (χ1) is 13.6. The van der Waals surface area contributed by atoms with E-state index in [4.69, 9.17) is 11.6 Å². The van der Waals surface area contributed by atoms with Crippen LogP contribution < -0.4 is 9.44 Å². The molecule has 3 rings (SSSR count). The Balaban J connectivity index is 1.81. The highest BCUT2D eigenvalue weighted by molar-refractivity contribution is 7.93. The predicted molar refractivity (Wildman–Crippen MR) is 111 cm³/mol. The van der Waals surface area contributed by atoms with Crippen molar-refractivity contribution in [3.8, 4) is 0 Å². The molecule has 0 aliphatic rings. The van der Waals surface area contributed by atoms with Gasteiger partial charge in [-0.15, -0.1) is 0 Å². The molecule has 152 valence electrons. The van der Waals surface area contributed by atoms with Gasteiger partial charge in [0.2, 0.25) is 5.95 Å². The lowest BCUT2D eigenvalue weighted by atomic mass is 10.3. The summed E-state index contributed by atoms with van der Waals surface area (Å²) in [5.74, 6) is -0.0361. The van der Waals surface area contributed by atoms with Crippen molar-refractivity contribution in [3.05, 3.63) is 71.0 Å². The summed E-state index contributed by atoms with van der Waals surface area (Å²) in [6.07, 6.45) is 0. The zero-order chi connectivity index (χ0) is 21.2. The Hall–Kier alpha value is -2.69. The lowest BCUT2D eigenvalue weighted by Gasteiger charge is -2.11. The van der Waals surface area contributed by atoms with Gasteiger partial charge in [0.15, 0.2) is 0 Å². The largest absolute Gasteiger partial charge is 0.280 e. The number of hydrogen-bond donors (Lipinski definition) is 2. The second kappa shape index (κ2) is 7.97. The monoisotopic (exact) mass is 452 g/mol. The SMILES string of the molecule is Cc1cc(C)nc(NS(=O)(=O)c2ccc(NS(=O)(=O)c3ccccc3Cl)cc2)n1. The van der Waals surface area contributed by atoms with Crippen molar-refractivity contribution in [2.24, 2.45) is 0 Å². The quantitative estimate of drug-likeness (QED) is 0.592. The number of nitrogens with zero attached hydrogens (tertiary/aromatic N) is 2. The smallest absolute Gasteiger partial charge is 0.264 e. The Kier molecular flexibility index (Phi) is 5.78. The van der Waals surface area contributed by atoms with Gasteiger partial charge in [-0.2, -0.15) is 0 Å². The number of halogens is 1. The summed E-state index contributed by atoms with van der Waals surface area (Å²) in [5, 5.41) is 0.0804. The van der Waals surface area contributed by atoms with Gasteiger partial charge in [-0.25, -0.2) is 31.5 Å². The van der Waals surface area contributed by atoms with Crippen molar-refractivity contribution in [2.45, 2.75) is 23.6 Å². The maximum atomic E-state index is 12.5. The summed E-state index contributed by atoms with van der Waals surface area (Å²) in [6.45, 7) is 3.46. The van der Waals surface area contributed by atoms with Crippen molar-refractivity contribution < 1.29 is 16.8 Å².